The Bertz CT molecular complexity index is 1320. The van der Waals surface area contributed by atoms with E-state index in [9.17, 15) is 32.3 Å². The molecule has 0 N–H and O–H groups in total. The first kappa shape index (κ1) is 22.5. The van der Waals surface area contributed by atoms with E-state index >= 15 is 0 Å². The van der Waals surface area contributed by atoms with Crippen LogP contribution in [0.25, 0.3) is 0 Å². The molecule has 0 saturated heterocycles. The minimum absolute atomic E-state index is 0.00978. The van der Waals surface area contributed by atoms with Gasteiger partial charge in [0.15, 0.2) is 11.6 Å². The molecule has 35 heavy (non-hydrogen) atoms. The molecule has 0 fully saturated rings. The summed E-state index contributed by atoms with van der Waals surface area (Å²) in [6, 6.07) is 15.6. The van der Waals surface area contributed by atoms with Crippen molar-refractivity contribution in [2.45, 2.75) is 12.1 Å². The summed E-state index contributed by atoms with van der Waals surface area (Å²) in [6.07, 6.45) is -4.74. The normalized spacial score (nSPS) is 20.4. The molecule has 6 nitrogen and oxygen atoms in total. The number of alkyl halides is 3. The predicted molar refractivity (Wildman–Crippen MR) is 114 cm³/mol. The van der Waals surface area contributed by atoms with Gasteiger partial charge in [0.1, 0.15) is 23.3 Å². The van der Waals surface area contributed by atoms with Gasteiger partial charge in [-0.25, -0.2) is 0 Å². The van der Waals surface area contributed by atoms with Gasteiger partial charge in [-0.15, -0.1) is 0 Å². The molecule has 0 amide bonds. The summed E-state index contributed by atoms with van der Waals surface area (Å²) in [5, 5.41) is 0. The highest BCUT2D eigenvalue weighted by atomic mass is 19.4. The van der Waals surface area contributed by atoms with E-state index in [4.69, 9.17) is 9.47 Å². The van der Waals surface area contributed by atoms with Crippen molar-refractivity contribution in [1.82, 2.24) is 0 Å². The second-order valence-electron chi connectivity index (χ2n) is 8.17. The maximum absolute atomic E-state index is 13.5. The van der Waals surface area contributed by atoms with Gasteiger partial charge < -0.3 is 9.47 Å². The molecule has 2 aliphatic heterocycles. The maximum atomic E-state index is 13.5. The second kappa shape index (κ2) is 8.19. The van der Waals surface area contributed by atoms with Crippen molar-refractivity contribution in [3.8, 4) is 11.5 Å². The molecular formula is C26H15F3O6. The average Bonchev–Trinajstić information content (AvgIpc) is 2.82. The van der Waals surface area contributed by atoms with Gasteiger partial charge in [0.2, 0.25) is 0 Å². The lowest BCUT2D eigenvalue weighted by molar-refractivity contribution is -0.142. The lowest BCUT2D eigenvalue weighted by Crippen LogP contribution is -2.46. The SMILES string of the molecule is O=C1Oc2ccccc2C(=O)C1C(c1cccc(C(F)(F)F)c1)C1C(=O)Oc2ccccc2C1=O. The first-order valence-corrected chi connectivity index (χ1v) is 10.5. The quantitative estimate of drug-likeness (QED) is 0.309. The molecule has 0 aromatic heterocycles. The first-order valence-electron chi connectivity index (χ1n) is 10.5. The van der Waals surface area contributed by atoms with E-state index in [1.54, 1.807) is 12.1 Å². The summed E-state index contributed by atoms with van der Waals surface area (Å²) < 4.78 is 51.1. The number of fused-ring (bicyclic) bond motifs is 2. The van der Waals surface area contributed by atoms with Crippen molar-refractivity contribution in [3.63, 3.8) is 0 Å². The molecule has 0 saturated carbocycles. The van der Waals surface area contributed by atoms with Gasteiger partial charge in [-0.3, -0.25) is 19.2 Å². The number of ketones is 2. The number of esters is 2. The van der Waals surface area contributed by atoms with Crippen LogP contribution in [0.4, 0.5) is 13.2 Å². The maximum Gasteiger partial charge on any atom is 0.416 e. The standard InChI is InChI=1S/C26H15F3O6/c27-26(28,29)14-7-5-6-13(12-14)19(20-22(30)15-8-1-3-10-17(15)34-24(20)32)21-23(31)16-9-2-4-11-18(16)35-25(21)33/h1-12,19-21H. The van der Waals surface area contributed by atoms with E-state index in [1.165, 1.54) is 42.5 Å². The number of hydrogen-bond donors (Lipinski definition) is 0. The minimum Gasteiger partial charge on any atom is -0.425 e. The highest BCUT2D eigenvalue weighted by Crippen LogP contribution is 2.44. The van der Waals surface area contributed by atoms with Crippen LogP contribution in [0.15, 0.2) is 72.8 Å². The summed E-state index contributed by atoms with van der Waals surface area (Å²) in [6.45, 7) is 0. The van der Waals surface area contributed by atoms with Crippen LogP contribution < -0.4 is 9.47 Å². The molecule has 2 unspecified atom stereocenters. The van der Waals surface area contributed by atoms with E-state index in [-0.39, 0.29) is 28.2 Å². The molecule has 0 bridgehead atoms. The number of hydrogen-bond acceptors (Lipinski definition) is 6. The topological polar surface area (TPSA) is 86.7 Å². The van der Waals surface area contributed by atoms with Gasteiger partial charge in [0, 0.05) is 5.92 Å². The molecule has 0 aliphatic carbocycles. The van der Waals surface area contributed by atoms with Crippen molar-refractivity contribution >= 4 is 23.5 Å². The second-order valence-corrected chi connectivity index (χ2v) is 8.17. The Kier molecular flexibility index (Phi) is 5.27. The summed E-state index contributed by atoms with van der Waals surface area (Å²) in [5.41, 5.74) is -1.21. The molecule has 0 radical (unpaired) electrons. The number of carbonyl (C=O) groups is 4. The fraction of sp³-hybridized carbons (Fsp3) is 0.154. The van der Waals surface area contributed by atoms with Crippen LogP contribution in [0.5, 0.6) is 11.5 Å². The Labute approximate surface area is 196 Å². The van der Waals surface area contributed by atoms with Crippen LogP contribution in [0, 0.1) is 11.8 Å². The van der Waals surface area contributed by atoms with Crippen LogP contribution in [0.2, 0.25) is 0 Å². The third kappa shape index (κ3) is 3.78. The zero-order chi connectivity index (χ0) is 24.9. The molecule has 9 heteroatoms. The zero-order valence-corrected chi connectivity index (χ0v) is 17.7. The van der Waals surface area contributed by atoms with Crippen molar-refractivity contribution in [3.05, 3.63) is 95.1 Å². The van der Waals surface area contributed by atoms with Crippen molar-refractivity contribution < 1.29 is 41.8 Å². The number of rotatable bonds is 3. The number of ether oxygens (including phenoxy) is 2. The number of carbonyl (C=O) groups excluding carboxylic acids is 4. The fourth-order valence-electron chi connectivity index (χ4n) is 4.53. The van der Waals surface area contributed by atoms with Crippen LogP contribution >= 0.6 is 0 Å². The molecule has 3 aromatic rings. The van der Waals surface area contributed by atoms with Crippen molar-refractivity contribution in [1.29, 1.82) is 0 Å². The van der Waals surface area contributed by atoms with Gasteiger partial charge in [-0.05, 0) is 35.9 Å². The molecule has 2 aliphatic rings. The summed E-state index contributed by atoms with van der Waals surface area (Å²) in [5.74, 6) is -8.79. The highest BCUT2D eigenvalue weighted by Gasteiger charge is 2.52. The van der Waals surface area contributed by atoms with Crippen LogP contribution in [-0.4, -0.2) is 23.5 Å². The molecule has 2 heterocycles. The molecular weight excluding hydrogens is 465 g/mol. The highest BCUT2D eigenvalue weighted by molar-refractivity contribution is 6.18. The molecule has 3 aromatic carbocycles. The summed E-state index contributed by atoms with van der Waals surface area (Å²) >= 11 is 0. The number of halogens is 3. The largest absolute Gasteiger partial charge is 0.425 e. The van der Waals surface area contributed by atoms with Gasteiger partial charge >= 0.3 is 18.1 Å². The van der Waals surface area contributed by atoms with E-state index in [0.717, 1.165) is 18.2 Å². The Hall–Kier alpha value is -4.27. The van der Waals surface area contributed by atoms with Crippen molar-refractivity contribution in [2.24, 2.45) is 11.8 Å². The van der Waals surface area contributed by atoms with E-state index in [0.29, 0.717) is 0 Å². The molecule has 5 rings (SSSR count). The summed E-state index contributed by atoms with van der Waals surface area (Å²) in [4.78, 5) is 53.0. The average molecular weight is 480 g/mol. The van der Waals surface area contributed by atoms with Crippen LogP contribution in [0.3, 0.4) is 0 Å². The van der Waals surface area contributed by atoms with E-state index < -0.39 is 53.0 Å². The van der Waals surface area contributed by atoms with E-state index in [2.05, 4.69) is 0 Å². The number of benzene rings is 3. The Morgan fingerprint density at radius 2 is 1.14 bits per heavy atom. The number of para-hydroxylation sites is 2. The Morgan fingerprint density at radius 1 is 0.657 bits per heavy atom. The smallest absolute Gasteiger partial charge is 0.416 e. The third-order valence-corrected chi connectivity index (χ3v) is 6.12. The molecule has 2 atom stereocenters. The Morgan fingerprint density at radius 3 is 1.63 bits per heavy atom. The molecule has 0 spiro atoms. The summed E-state index contributed by atoms with van der Waals surface area (Å²) in [7, 11) is 0. The van der Waals surface area contributed by atoms with Gasteiger partial charge in [0.25, 0.3) is 0 Å². The fourth-order valence-corrected chi connectivity index (χ4v) is 4.53. The monoisotopic (exact) mass is 480 g/mol. The predicted octanol–water partition coefficient (Wildman–Crippen LogP) is 4.63. The first-order chi connectivity index (χ1) is 16.7. The lowest BCUT2D eigenvalue weighted by atomic mass is 9.70. The Balaban J connectivity index is 1.70. The van der Waals surface area contributed by atoms with Gasteiger partial charge in [-0.1, -0.05) is 42.5 Å². The minimum atomic E-state index is -4.74. The van der Waals surface area contributed by atoms with Crippen molar-refractivity contribution in [2.75, 3.05) is 0 Å². The lowest BCUT2D eigenvalue weighted by Gasteiger charge is -2.34. The van der Waals surface area contributed by atoms with E-state index in [1.807, 2.05) is 0 Å². The van der Waals surface area contributed by atoms with Gasteiger partial charge in [0.05, 0.1) is 16.7 Å². The third-order valence-electron chi connectivity index (χ3n) is 6.12. The van der Waals surface area contributed by atoms with Gasteiger partial charge in [-0.2, -0.15) is 13.2 Å². The van der Waals surface area contributed by atoms with Crippen LogP contribution in [-0.2, 0) is 15.8 Å². The number of Topliss-reactive ketones (excluding diaryl/α,β-unsaturated/α-hetero) is 2. The van der Waals surface area contributed by atoms with Crippen LogP contribution in [0.1, 0.15) is 37.8 Å². The zero-order valence-electron chi connectivity index (χ0n) is 17.7. The molecule has 176 valence electrons.